The molecule has 1 amide bonds. The molecule has 0 saturated carbocycles. The van der Waals surface area contributed by atoms with E-state index in [1.165, 1.54) is 11.8 Å². The fourth-order valence-electron chi connectivity index (χ4n) is 3.04. The zero-order chi connectivity index (χ0) is 16.4. The summed E-state index contributed by atoms with van der Waals surface area (Å²) in [5, 5.41) is 9.68. The van der Waals surface area contributed by atoms with Gasteiger partial charge < -0.3 is 10.0 Å². The Labute approximate surface area is 139 Å². The second-order valence-corrected chi connectivity index (χ2v) is 7.03. The summed E-state index contributed by atoms with van der Waals surface area (Å²) in [6, 6.07) is 0. The summed E-state index contributed by atoms with van der Waals surface area (Å²) >= 11 is 1.48. The van der Waals surface area contributed by atoms with Gasteiger partial charge in [0.2, 0.25) is 5.91 Å². The number of aliphatic hydroxyl groups excluding tert-OH is 1. The van der Waals surface area contributed by atoms with Crippen molar-refractivity contribution in [3.63, 3.8) is 0 Å². The molecule has 126 valence electrons. The fraction of sp³-hybridized carbons (Fsp3) is 0.667. The topological polar surface area (TPSA) is 78.7 Å². The average Bonchev–Trinajstić information content (AvgIpc) is 2.58. The van der Waals surface area contributed by atoms with Gasteiger partial charge in [-0.2, -0.15) is 0 Å². The molecule has 0 unspecified atom stereocenters. The van der Waals surface area contributed by atoms with Gasteiger partial charge in [-0.05, 0) is 6.92 Å². The Morgan fingerprint density at radius 2 is 2.13 bits per heavy atom. The predicted molar refractivity (Wildman–Crippen MR) is 87.6 cm³/mol. The van der Waals surface area contributed by atoms with Crippen LogP contribution in [0.25, 0.3) is 0 Å². The zero-order valence-corrected chi connectivity index (χ0v) is 14.1. The van der Waals surface area contributed by atoms with Crippen LogP contribution in [0.3, 0.4) is 0 Å². The number of aromatic nitrogens is 2. The Hall–Kier alpha value is -1.38. The molecule has 2 aliphatic heterocycles. The van der Waals surface area contributed by atoms with Gasteiger partial charge in [0.15, 0.2) is 5.16 Å². The van der Waals surface area contributed by atoms with Crippen molar-refractivity contribution in [2.45, 2.75) is 18.6 Å². The van der Waals surface area contributed by atoms with Crippen molar-refractivity contribution in [1.29, 1.82) is 0 Å². The van der Waals surface area contributed by atoms with Crippen LogP contribution in [0, 0.1) is 12.8 Å². The lowest BCUT2D eigenvalue weighted by atomic mass is 10.1. The third-order valence-corrected chi connectivity index (χ3v) is 5.60. The normalized spacial score (nSPS) is 22.0. The standard InChI is InChI=1S/C15H22N4O3S/c1-11-8-16-15-19(13(11)21)9-12(10-23-15)14(22)18-4-2-17(3-5-18)6-7-20/h8,12,20H,2-7,9-10H2,1H3/t12-/m0/s1. The van der Waals surface area contributed by atoms with Crippen LogP contribution in [0.4, 0.5) is 0 Å². The van der Waals surface area contributed by atoms with Gasteiger partial charge >= 0.3 is 0 Å². The summed E-state index contributed by atoms with van der Waals surface area (Å²) in [6.45, 7) is 5.95. The Bertz CT molecular complexity index is 640. The Kier molecular flexibility index (Phi) is 5.03. The average molecular weight is 338 g/mol. The maximum Gasteiger partial charge on any atom is 0.257 e. The highest BCUT2D eigenvalue weighted by molar-refractivity contribution is 7.99. The summed E-state index contributed by atoms with van der Waals surface area (Å²) in [4.78, 5) is 33.3. The first kappa shape index (κ1) is 16.5. The molecule has 7 nitrogen and oxygen atoms in total. The molecule has 3 heterocycles. The number of fused-ring (bicyclic) bond motifs is 1. The number of hydrogen-bond acceptors (Lipinski definition) is 6. The second-order valence-electron chi connectivity index (χ2n) is 6.04. The lowest BCUT2D eigenvalue weighted by Gasteiger charge is -2.37. The van der Waals surface area contributed by atoms with Crippen LogP contribution >= 0.6 is 11.8 Å². The molecule has 2 aliphatic rings. The van der Waals surface area contributed by atoms with E-state index < -0.39 is 0 Å². The van der Waals surface area contributed by atoms with Gasteiger partial charge in [0.1, 0.15) is 0 Å². The number of β-amino-alcohol motifs (C(OH)–C–C–N with tert-alkyl or cyclic N) is 1. The molecule has 0 bridgehead atoms. The summed E-state index contributed by atoms with van der Waals surface area (Å²) in [5.74, 6) is 0.629. The quantitative estimate of drug-likeness (QED) is 0.742. The number of aryl methyl sites for hydroxylation is 1. The highest BCUT2D eigenvalue weighted by atomic mass is 32.2. The van der Waals surface area contributed by atoms with Crippen molar-refractivity contribution in [1.82, 2.24) is 19.4 Å². The number of carbonyl (C=O) groups is 1. The van der Waals surface area contributed by atoms with Crippen molar-refractivity contribution < 1.29 is 9.90 Å². The third kappa shape index (κ3) is 3.44. The maximum atomic E-state index is 12.7. The van der Waals surface area contributed by atoms with Gasteiger partial charge in [0, 0.05) is 56.8 Å². The number of rotatable bonds is 3. The Morgan fingerprint density at radius 3 is 2.83 bits per heavy atom. The summed E-state index contributed by atoms with van der Waals surface area (Å²) in [6.07, 6.45) is 1.60. The van der Waals surface area contributed by atoms with Crippen molar-refractivity contribution in [3.05, 3.63) is 22.1 Å². The molecule has 1 atom stereocenters. The SMILES string of the molecule is Cc1cnc2n(c1=O)C[C@H](C(=O)N1CCN(CCO)CC1)CS2. The van der Waals surface area contributed by atoms with Crippen LogP contribution in [0.5, 0.6) is 0 Å². The fourth-order valence-corrected chi connectivity index (χ4v) is 4.08. The number of amides is 1. The number of hydrogen-bond donors (Lipinski definition) is 1. The zero-order valence-electron chi connectivity index (χ0n) is 13.3. The van der Waals surface area contributed by atoms with E-state index in [1.807, 2.05) is 4.90 Å². The third-order valence-electron chi connectivity index (χ3n) is 4.45. The van der Waals surface area contributed by atoms with Gasteiger partial charge in [-0.1, -0.05) is 11.8 Å². The van der Waals surface area contributed by atoms with Gasteiger partial charge in [0.05, 0.1) is 12.5 Å². The smallest absolute Gasteiger partial charge is 0.257 e. The van der Waals surface area contributed by atoms with Crippen molar-refractivity contribution >= 4 is 17.7 Å². The van der Waals surface area contributed by atoms with Crippen molar-refractivity contribution in [3.8, 4) is 0 Å². The molecule has 1 aromatic rings. The molecular weight excluding hydrogens is 316 g/mol. The lowest BCUT2D eigenvalue weighted by Crippen LogP contribution is -2.52. The highest BCUT2D eigenvalue weighted by Gasteiger charge is 2.31. The molecule has 0 aromatic carbocycles. The monoisotopic (exact) mass is 338 g/mol. The van der Waals surface area contributed by atoms with Gasteiger partial charge in [-0.25, -0.2) is 4.98 Å². The molecule has 0 spiro atoms. The molecule has 1 aromatic heterocycles. The van der Waals surface area contributed by atoms with Crippen molar-refractivity contribution in [2.75, 3.05) is 45.1 Å². The number of aliphatic hydroxyl groups is 1. The first-order valence-corrected chi connectivity index (χ1v) is 8.90. The minimum absolute atomic E-state index is 0.0484. The van der Waals surface area contributed by atoms with E-state index in [0.717, 1.165) is 13.1 Å². The van der Waals surface area contributed by atoms with Crippen LogP contribution in [-0.4, -0.2) is 75.4 Å². The molecule has 23 heavy (non-hydrogen) atoms. The molecule has 8 heteroatoms. The molecule has 1 saturated heterocycles. The van der Waals surface area contributed by atoms with Crippen LogP contribution in [0.2, 0.25) is 0 Å². The number of nitrogens with zero attached hydrogens (tertiary/aromatic N) is 4. The van der Waals surface area contributed by atoms with E-state index >= 15 is 0 Å². The number of carbonyl (C=O) groups excluding carboxylic acids is 1. The highest BCUT2D eigenvalue weighted by Crippen LogP contribution is 2.26. The molecular formula is C15H22N4O3S. The minimum Gasteiger partial charge on any atom is -0.395 e. The molecule has 1 N–H and O–H groups in total. The molecule has 0 aliphatic carbocycles. The number of thioether (sulfide) groups is 1. The summed E-state index contributed by atoms with van der Waals surface area (Å²) in [5.41, 5.74) is 0.563. The van der Waals surface area contributed by atoms with Crippen molar-refractivity contribution in [2.24, 2.45) is 5.92 Å². The van der Waals surface area contributed by atoms with Crippen LogP contribution in [-0.2, 0) is 11.3 Å². The van der Waals surface area contributed by atoms with Crippen LogP contribution < -0.4 is 5.56 Å². The van der Waals surface area contributed by atoms with Gasteiger partial charge in [0.25, 0.3) is 5.56 Å². The molecule has 0 radical (unpaired) electrons. The lowest BCUT2D eigenvalue weighted by molar-refractivity contribution is -0.137. The minimum atomic E-state index is -0.168. The first-order chi connectivity index (χ1) is 11.1. The van der Waals surface area contributed by atoms with E-state index in [1.54, 1.807) is 17.7 Å². The largest absolute Gasteiger partial charge is 0.395 e. The predicted octanol–water partition coefficient (Wildman–Crippen LogP) is -0.590. The van der Waals surface area contributed by atoms with E-state index in [-0.39, 0.29) is 24.0 Å². The van der Waals surface area contributed by atoms with Gasteiger partial charge in [-0.3, -0.25) is 19.1 Å². The van der Waals surface area contributed by atoms with E-state index in [0.29, 0.717) is 42.7 Å². The summed E-state index contributed by atoms with van der Waals surface area (Å²) in [7, 11) is 0. The summed E-state index contributed by atoms with van der Waals surface area (Å²) < 4.78 is 1.63. The Morgan fingerprint density at radius 1 is 1.39 bits per heavy atom. The maximum absolute atomic E-state index is 12.7. The molecule has 1 fully saturated rings. The number of piperazine rings is 1. The van der Waals surface area contributed by atoms with Gasteiger partial charge in [-0.15, -0.1) is 0 Å². The van der Waals surface area contributed by atoms with Crippen LogP contribution in [0.1, 0.15) is 5.56 Å². The van der Waals surface area contributed by atoms with E-state index in [2.05, 4.69) is 9.88 Å². The second kappa shape index (κ2) is 7.02. The molecule has 3 rings (SSSR count). The first-order valence-electron chi connectivity index (χ1n) is 7.91. The van der Waals surface area contributed by atoms with Crippen LogP contribution in [0.15, 0.2) is 16.1 Å². The van der Waals surface area contributed by atoms with E-state index in [9.17, 15) is 9.59 Å². The van der Waals surface area contributed by atoms with E-state index in [4.69, 9.17) is 5.11 Å². The Balaban J connectivity index is 1.66.